The van der Waals surface area contributed by atoms with Crippen LogP contribution in [0.25, 0.3) is 0 Å². The normalized spacial score (nSPS) is 14.8. The second-order valence-corrected chi connectivity index (χ2v) is 11.8. The van der Waals surface area contributed by atoms with Crippen molar-refractivity contribution in [3.05, 3.63) is 118 Å². The Bertz CT molecular complexity index is 1530. The number of carbonyl (C=O) groups excluding carboxylic acids is 1. The van der Waals surface area contributed by atoms with Crippen molar-refractivity contribution in [2.45, 2.75) is 70.6 Å². The van der Waals surface area contributed by atoms with Crippen molar-refractivity contribution in [1.29, 1.82) is 0 Å². The summed E-state index contributed by atoms with van der Waals surface area (Å²) in [5, 5.41) is 19.7. The van der Waals surface area contributed by atoms with Crippen molar-refractivity contribution in [2.75, 3.05) is 0 Å². The van der Waals surface area contributed by atoms with Crippen LogP contribution in [0.3, 0.4) is 0 Å². The number of aromatic hydroxyl groups is 2. The molecule has 0 amide bonds. The summed E-state index contributed by atoms with van der Waals surface area (Å²) in [4.78, 5) is 12.7. The van der Waals surface area contributed by atoms with Gasteiger partial charge < -0.3 is 19.7 Å². The fourth-order valence-corrected chi connectivity index (χ4v) is 6.11. The van der Waals surface area contributed by atoms with Gasteiger partial charge in [0, 0.05) is 10.8 Å². The molecule has 0 heterocycles. The van der Waals surface area contributed by atoms with Gasteiger partial charge in [-0.2, -0.15) is 0 Å². The van der Waals surface area contributed by atoms with Gasteiger partial charge in [-0.1, -0.05) is 81.6 Å². The Balaban J connectivity index is 1.30. The molecule has 1 aliphatic carbocycles. The summed E-state index contributed by atoms with van der Waals surface area (Å²) in [6.45, 7) is 8.10. The predicted octanol–water partition coefficient (Wildman–Crippen LogP) is 8.87. The maximum absolute atomic E-state index is 12.7. The van der Waals surface area contributed by atoms with E-state index in [2.05, 4.69) is 32.0 Å². The van der Waals surface area contributed by atoms with E-state index in [1.165, 1.54) is 17.5 Å². The van der Waals surface area contributed by atoms with Gasteiger partial charge in [-0.3, -0.25) is 0 Å². The first kappa shape index (κ1) is 28.3. The Labute approximate surface area is 242 Å². The smallest absolute Gasteiger partial charge is 0.508 e. The third-order valence-electron chi connectivity index (χ3n) is 8.74. The van der Waals surface area contributed by atoms with Crippen LogP contribution in [0.4, 0.5) is 4.79 Å². The Morgan fingerprint density at radius 1 is 0.707 bits per heavy atom. The van der Waals surface area contributed by atoms with Gasteiger partial charge in [0.2, 0.25) is 0 Å². The molecule has 4 aromatic rings. The van der Waals surface area contributed by atoms with Gasteiger partial charge in [0.15, 0.2) is 0 Å². The number of phenolic OH excluding ortho intramolecular Hbond substituents is 2. The van der Waals surface area contributed by atoms with Gasteiger partial charge in [-0.25, -0.2) is 4.79 Å². The number of aryl methyl sites for hydroxylation is 2. The lowest BCUT2D eigenvalue weighted by atomic mass is 9.65. The molecule has 4 aromatic carbocycles. The molecule has 0 unspecified atom stereocenters. The van der Waals surface area contributed by atoms with E-state index in [4.69, 9.17) is 9.47 Å². The van der Waals surface area contributed by atoms with Crippen LogP contribution in [-0.2, 0) is 10.8 Å². The summed E-state index contributed by atoms with van der Waals surface area (Å²) in [6.07, 6.45) is 4.81. The fraction of sp³-hybridized carbons (Fsp3) is 0.306. The Morgan fingerprint density at radius 3 is 1.85 bits per heavy atom. The van der Waals surface area contributed by atoms with Crippen LogP contribution in [0.1, 0.15) is 79.3 Å². The van der Waals surface area contributed by atoms with E-state index in [1.807, 2.05) is 50.2 Å². The molecule has 0 atom stereocenters. The lowest BCUT2D eigenvalue weighted by molar-refractivity contribution is 0.151. The molecule has 5 rings (SSSR count). The zero-order valence-corrected chi connectivity index (χ0v) is 24.2. The molecule has 5 nitrogen and oxygen atoms in total. The summed E-state index contributed by atoms with van der Waals surface area (Å²) >= 11 is 0. The topological polar surface area (TPSA) is 76.0 Å². The molecule has 0 aromatic heterocycles. The van der Waals surface area contributed by atoms with Crippen LogP contribution >= 0.6 is 0 Å². The van der Waals surface area contributed by atoms with Gasteiger partial charge in [0.1, 0.15) is 23.0 Å². The van der Waals surface area contributed by atoms with E-state index < -0.39 is 6.16 Å². The van der Waals surface area contributed by atoms with E-state index in [1.54, 1.807) is 30.3 Å². The molecule has 0 radical (unpaired) electrons. The van der Waals surface area contributed by atoms with Crippen molar-refractivity contribution in [2.24, 2.45) is 0 Å². The largest absolute Gasteiger partial charge is 0.519 e. The third-order valence-corrected chi connectivity index (χ3v) is 8.74. The summed E-state index contributed by atoms with van der Waals surface area (Å²) in [5.41, 5.74) is 5.86. The maximum Gasteiger partial charge on any atom is 0.519 e. The quantitative estimate of drug-likeness (QED) is 0.185. The zero-order valence-electron chi connectivity index (χ0n) is 24.2. The second kappa shape index (κ2) is 11.3. The number of phenols is 2. The molecule has 0 bridgehead atoms. The van der Waals surface area contributed by atoms with E-state index >= 15 is 0 Å². The van der Waals surface area contributed by atoms with Crippen LogP contribution in [-0.4, -0.2) is 16.4 Å². The molecular formula is C36H38O5. The van der Waals surface area contributed by atoms with Crippen LogP contribution in [0.15, 0.2) is 84.9 Å². The maximum atomic E-state index is 12.7. The average Bonchev–Trinajstić information content (AvgIpc) is 2.96. The Hall–Kier alpha value is -4.25. The zero-order chi connectivity index (χ0) is 29.2. The van der Waals surface area contributed by atoms with E-state index in [-0.39, 0.29) is 16.6 Å². The summed E-state index contributed by atoms with van der Waals surface area (Å²) in [5.74, 6) is 1.42. The lowest BCUT2D eigenvalue weighted by Crippen LogP contribution is -2.30. The number of carbonyl (C=O) groups is 1. The van der Waals surface area contributed by atoms with Crippen molar-refractivity contribution >= 4 is 6.16 Å². The van der Waals surface area contributed by atoms with Gasteiger partial charge in [0.05, 0.1) is 0 Å². The lowest BCUT2D eigenvalue weighted by Gasteiger charge is -2.39. The summed E-state index contributed by atoms with van der Waals surface area (Å²) < 4.78 is 11.1. The van der Waals surface area contributed by atoms with Gasteiger partial charge in [0.25, 0.3) is 0 Å². The van der Waals surface area contributed by atoms with Gasteiger partial charge in [-0.05, 0) is 96.5 Å². The minimum absolute atomic E-state index is 0.129. The molecule has 5 heteroatoms. The first-order valence-electron chi connectivity index (χ1n) is 14.3. The monoisotopic (exact) mass is 550 g/mol. The van der Waals surface area contributed by atoms with E-state index in [9.17, 15) is 15.0 Å². The molecule has 1 aliphatic rings. The van der Waals surface area contributed by atoms with Crippen LogP contribution in [0, 0.1) is 13.8 Å². The first-order valence-corrected chi connectivity index (χ1v) is 14.3. The highest BCUT2D eigenvalue weighted by molar-refractivity contribution is 5.68. The van der Waals surface area contributed by atoms with Crippen LogP contribution in [0.2, 0.25) is 0 Å². The molecule has 1 saturated carbocycles. The second-order valence-electron chi connectivity index (χ2n) is 11.8. The molecule has 0 saturated heterocycles. The third kappa shape index (κ3) is 5.81. The highest BCUT2D eigenvalue weighted by Gasteiger charge is 2.36. The fourth-order valence-electron chi connectivity index (χ4n) is 6.11. The van der Waals surface area contributed by atoms with Crippen molar-refractivity contribution in [1.82, 2.24) is 0 Å². The van der Waals surface area contributed by atoms with Crippen LogP contribution < -0.4 is 9.47 Å². The molecule has 212 valence electrons. The first-order chi connectivity index (χ1) is 19.6. The Kier molecular flexibility index (Phi) is 7.81. The summed E-state index contributed by atoms with van der Waals surface area (Å²) in [6, 6.07) is 26.6. The number of rotatable bonds is 6. The van der Waals surface area contributed by atoms with Gasteiger partial charge in [-0.15, -0.1) is 0 Å². The van der Waals surface area contributed by atoms with Crippen molar-refractivity contribution < 1.29 is 24.5 Å². The predicted molar refractivity (Wildman–Crippen MR) is 161 cm³/mol. The van der Waals surface area contributed by atoms with E-state index in [0.29, 0.717) is 17.2 Å². The molecular weight excluding hydrogens is 512 g/mol. The molecule has 0 spiro atoms. The average molecular weight is 551 g/mol. The number of hydrogen-bond donors (Lipinski definition) is 2. The number of hydrogen-bond acceptors (Lipinski definition) is 5. The number of ether oxygens (including phenoxy) is 2. The molecule has 0 aliphatic heterocycles. The van der Waals surface area contributed by atoms with Crippen molar-refractivity contribution in [3.8, 4) is 23.0 Å². The van der Waals surface area contributed by atoms with E-state index in [0.717, 1.165) is 47.9 Å². The number of benzene rings is 4. The minimum Gasteiger partial charge on any atom is -0.508 e. The SMILES string of the molecule is Cc1cc(C2(c3ccc(OC(=O)Oc4ccc(C(C)(C)c5ccc(O)cc5)cc4)c(C)c3)CCCCC2)ccc1O. The molecule has 41 heavy (non-hydrogen) atoms. The highest BCUT2D eigenvalue weighted by Crippen LogP contribution is 2.46. The Morgan fingerprint density at radius 2 is 1.27 bits per heavy atom. The molecule has 1 fully saturated rings. The van der Waals surface area contributed by atoms with Crippen LogP contribution in [0.5, 0.6) is 23.0 Å². The highest BCUT2D eigenvalue weighted by atomic mass is 16.7. The minimum atomic E-state index is -0.784. The standard InChI is InChI=1S/C36H38O5/c1-24-22-28(12-18-32(24)38)36(20-6-5-7-21-36)29-13-19-33(25(2)23-29)41-34(39)40-31-16-10-27(11-17-31)35(3,4)26-8-14-30(37)15-9-26/h8-19,22-23,37-38H,5-7,20-21H2,1-4H3. The molecule has 2 N–H and O–H groups in total. The van der Waals surface area contributed by atoms with Gasteiger partial charge >= 0.3 is 6.16 Å². The summed E-state index contributed by atoms with van der Waals surface area (Å²) in [7, 11) is 0. The van der Waals surface area contributed by atoms with Crippen molar-refractivity contribution in [3.63, 3.8) is 0 Å².